The normalized spacial score (nSPS) is 21.5. The second-order valence-corrected chi connectivity index (χ2v) is 6.76. The minimum absolute atomic E-state index is 0.0956. The molecule has 0 bridgehead atoms. The summed E-state index contributed by atoms with van der Waals surface area (Å²) < 4.78 is 27.0. The molecule has 2 saturated heterocycles. The van der Waals surface area contributed by atoms with Gasteiger partial charge in [0, 0.05) is 12.5 Å². The smallest absolute Gasteiger partial charge is 0.169 e. The van der Waals surface area contributed by atoms with Gasteiger partial charge in [0.05, 0.1) is 5.56 Å². The molecule has 5 heteroatoms. The highest BCUT2D eigenvalue weighted by atomic mass is 19.1. The Labute approximate surface area is 136 Å². The predicted octanol–water partition coefficient (Wildman–Crippen LogP) is 2.86. The number of carbonyl (C=O) groups excluding carboxylic acids is 1. The van der Waals surface area contributed by atoms with Crippen LogP contribution in [0.2, 0.25) is 0 Å². The summed E-state index contributed by atoms with van der Waals surface area (Å²) in [6.45, 7) is 5.03. The molecule has 1 N–H and O–H groups in total. The first-order valence-electron chi connectivity index (χ1n) is 8.56. The zero-order valence-corrected chi connectivity index (χ0v) is 13.4. The third-order valence-corrected chi connectivity index (χ3v) is 5.13. The zero-order chi connectivity index (χ0) is 16.2. The first-order chi connectivity index (χ1) is 11.1. The van der Waals surface area contributed by atoms with Crippen LogP contribution < -0.4 is 5.32 Å². The van der Waals surface area contributed by atoms with E-state index in [0.717, 1.165) is 69.7 Å². The summed E-state index contributed by atoms with van der Waals surface area (Å²) in [5.41, 5.74) is -0.0956. The Bertz CT molecular complexity index is 550. The van der Waals surface area contributed by atoms with E-state index in [4.69, 9.17) is 0 Å². The number of halogens is 2. The number of hydrogen-bond acceptors (Lipinski definition) is 3. The fourth-order valence-electron chi connectivity index (χ4n) is 3.71. The van der Waals surface area contributed by atoms with Gasteiger partial charge >= 0.3 is 0 Å². The molecule has 23 heavy (non-hydrogen) atoms. The van der Waals surface area contributed by atoms with E-state index < -0.39 is 11.6 Å². The fraction of sp³-hybridized carbons (Fsp3) is 0.611. The average molecular weight is 322 g/mol. The van der Waals surface area contributed by atoms with Crippen molar-refractivity contribution in [2.24, 2.45) is 11.8 Å². The summed E-state index contributed by atoms with van der Waals surface area (Å²) in [5.74, 6) is -0.866. The Morgan fingerprint density at radius 3 is 2.52 bits per heavy atom. The molecule has 2 heterocycles. The first-order valence-corrected chi connectivity index (χ1v) is 8.56. The van der Waals surface area contributed by atoms with Gasteiger partial charge in [-0.25, -0.2) is 8.78 Å². The van der Waals surface area contributed by atoms with E-state index in [-0.39, 0.29) is 17.3 Å². The topological polar surface area (TPSA) is 32.3 Å². The maximum Gasteiger partial charge on any atom is 0.169 e. The van der Waals surface area contributed by atoms with Crippen LogP contribution in [0.3, 0.4) is 0 Å². The molecule has 0 atom stereocenters. The molecule has 3 nitrogen and oxygen atoms in total. The van der Waals surface area contributed by atoms with E-state index in [1.807, 2.05) is 0 Å². The van der Waals surface area contributed by atoms with Crippen molar-refractivity contribution in [2.45, 2.75) is 25.7 Å². The van der Waals surface area contributed by atoms with Gasteiger partial charge in [-0.05, 0) is 76.0 Å². The highest BCUT2D eigenvalue weighted by Crippen LogP contribution is 2.25. The molecule has 0 unspecified atom stereocenters. The van der Waals surface area contributed by atoms with Crippen LogP contribution >= 0.6 is 0 Å². The molecule has 0 aliphatic carbocycles. The molecule has 1 aromatic rings. The van der Waals surface area contributed by atoms with Gasteiger partial charge in [0.25, 0.3) is 0 Å². The molecule has 0 amide bonds. The van der Waals surface area contributed by atoms with Crippen molar-refractivity contribution in [3.05, 3.63) is 35.4 Å². The van der Waals surface area contributed by atoms with Gasteiger partial charge in [0.1, 0.15) is 11.6 Å². The zero-order valence-electron chi connectivity index (χ0n) is 13.4. The van der Waals surface area contributed by atoms with E-state index in [1.165, 1.54) is 12.8 Å². The fourth-order valence-corrected chi connectivity index (χ4v) is 3.71. The summed E-state index contributed by atoms with van der Waals surface area (Å²) in [7, 11) is 0. The van der Waals surface area contributed by atoms with Gasteiger partial charge in [-0.3, -0.25) is 4.79 Å². The number of hydrogen-bond donors (Lipinski definition) is 1. The molecule has 126 valence electrons. The van der Waals surface area contributed by atoms with Crippen LogP contribution in [0, 0.1) is 23.5 Å². The number of carbonyl (C=O) groups is 1. The molecule has 2 aliphatic heterocycles. The number of likely N-dealkylation sites (tertiary alicyclic amines) is 1. The van der Waals surface area contributed by atoms with Crippen molar-refractivity contribution in [1.82, 2.24) is 10.2 Å². The molecule has 2 aliphatic rings. The lowest BCUT2D eigenvalue weighted by atomic mass is 9.87. The van der Waals surface area contributed by atoms with E-state index in [2.05, 4.69) is 10.2 Å². The van der Waals surface area contributed by atoms with Gasteiger partial charge in [0.2, 0.25) is 0 Å². The van der Waals surface area contributed by atoms with Crippen LogP contribution in [-0.2, 0) is 0 Å². The summed E-state index contributed by atoms with van der Waals surface area (Å²) in [6, 6.07) is 3.11. The van der Waals surface area contributed by atoms with Crippen LogP contribution in [0.15, 0.2) is 18.2 Å². The lowest BCUT2D eigenvalue weighted by molar-refractivity contribution is 0.0814. The van der Waals surface area contributed by atoms with Gasteiger partial charge in [-0.1, -0.05) is 0 Å². The van der Waals surface area contributed by atoms with Crippen molar-refractivity contribution in [3.8, 4) is 0 Å². The highest BCUT2D eigenvalue weighted by Gasteiger charge is 2.28. The van der Waals surface area contributed by atoms with Gasteiger partial charge in [-0.15, -0.1) is 0 Å². The summed E-state index contributed by atoms with van der Waals surface area (Å²) in [5, 5.41) is 3.37. The van der Waals surface area contributed by atoms with E-state index in [9.17, 15) is 13.6 Å². The largest absolute Gasteiger partial charge is 0.317 e. The molecule has 2 fully saturated rings. The monoisotopic (exact) mass is 322 g/mol. The van der Waals surface area contributed by atoms with E-state index in [0.29, 0.717) is 0 Å². The summed E-state index contributed by atoms with van der Waals surface area (Å²) in [4.78, 5) is 14.9. The number of Topliss-reactive ketones (excluding diaryl/α,β-unsaturated/α-hetero) is 1. The third-order valence-electron chi connectivity index (χ3n) is 5.13. The molecule has 0 saturated carbocycles. The molecular formula is C18H24F2N2O. The van der Waals surface area contributed by atoms with Crippen LogP contribution in [-0.4, -0.2) is 43.4 Å². The van der Waals surface area contributed by atoms with Crippen molar-refractivity contribution in [2.75, 3.05) is 32.7 Å². The second-order valence-electron chi connectivity index (χ2n) is 6.76. The Morgan fingerprint density at radius 1 is 1.13 bits per heavy atom. The lowest BCUT2D eigenvalue weighted by Gasteiger charge is -2.35. The second kappa shape index (κ2) is 7.49. The van der Waals surface area contributed by atoms with Crippen LogP contribution in [0.5, 0.6) is 0 Å². The highest BCUT2D eigenvalue weighted by molar-refractivity contribution is 5.98. The molecular weight excluding hydrogens is 298 g/mol. The third kappa shape index (κ3) is 4.15. The molecule has 0 aromatic heterocycles. The average Bonchev–Trinajstić information content (AvgIpc) is 2.58. The summed E-state index contributed by atoms with van der Waals surface area (Å²) in [6.07, 6.45) is 3.90. The Kier molecular flexibility index (Phi) is 5.38. The van der Waals surface area contributed by atoms with Crippen LogP contribution in [0.4, 0.5) is 8.78 Å². The van der Waals surface area contributed by atoms with Gasteiger partial charge < -0.3 is 10.2 Å². The van der Waals surface area contributed by atoms with Crippen molar-refractivity contribution in [1.29, 1.82) is 0 Å². The predicted molar refractivity (Wildman–Crippen MR) is 85.4 cm³/mol. The minimum atomic E-state index is -0.617. The summed E-state index contributed by atoms with van der Waals surface area (Å²) >= 11 is 0. The number of rotatable bonds is 4. The minimum Gasteiger partial charge on any atom is -0.317 e. The standard InChI is InChI=1S/C18H24F2N2O/c19-15-1-2-17(20)16(11-15)18(23)14-5-9-22(10-6-14)12-13-3-7-21-8-4-13/h1-2,11,13-14,21H,3-10,12H2. The Balaban J connectivity index is 1.53. The van der Waals surface area contributed by atoms with Crippen LogP contribution in [0.1, 0.15) is 36.0 Å². The van der Waals surface area contributed by atoms with E-state index >= 15 is 0 Å². The first kappa shape index (κ1) is 16.5. The van der Waals surface area contributed by atoms with Crippen LogP contribution in [0.25, 0.3) is 0 Å². The molecule has 1 aromatic carbocycles. The number of nitrogens with zero attached hydrogens (tertiary/aromatic N) is 1. The van der Waals surface area contributed by atoms with Gasteiger partial charge in [-0.2, -0.15) is 0 Å². The number of nitrogens with one attached hydrogen (secondary N) is 1. The van der Waals surface area contributed by atoms with Crippen molar-refractivity contribution >= 4 is 5.78 Å². The quantitative estimate of drug-likeness (QED) is 0.865. The Morgan fingerprint density at radius 2 is 1.83 bits per heavy atom. The maximum atomic E-state index is 13.8. The molecule has 0 radical (unpaired) electrons. The Hall–Kier alpha value is -1.33. The number of benzene rings is 1. The number of ketones is 1. The molecule has 0 spiro atoms. The lowest BCUT2D eigenvalue weighted by Crippen LogP contribution is -2.41. The maximum absolute atomic E-state index is 13.8. The van der Waals surface area contributed by atoms with Crippen molar-refractivity contribution in [3.63, 3.8) is 0 Å². The van der Waals surface area contributed by atoms with E-state index in [1.54, 1.807) is 0 Å². The SMILES string of the molecule is O=C(c1cc(F)ccc1F)C1CCN(CC2CCNCC2)CC1. The van der Waals surface area contributed by atoms with Crippen molar-refractivity contribution < 1.29 is 13.6 Å². The number of piperidine rings is 2. The van der Waals surface area contributed by atoms with Gasteiger partial charge in [0.15, 0.2) is 5.78 Å². The molecule has 3 rings (SSSR count).